The summed E-state index contributed by atoms with van der Waals surface area (Å²) in [6.07, 6.45) is 2.78. The lowest BCUT2D eigenvalue weighted by Crippen LogP contribution is -2.54. The summed E-state index contributed by atoms with van der Waals surface area (Å²) in [5.74, 6) is -1.06. The van der Waals surface area contributed by atoms with E-state index in [0.717, 1.165) is 6.42 Å². The second kappa shape index (κ2) is 5.19. The Morgan fingerprint density at radius 3 is 2.75 bits per heavy atom. The Bertz CT molecular complexity index is 674. The van der Waals surface area contributed by atoms with Crippen molar-refractivity contribution in [1.82, 2.24) is 9.71 Å². The van der Waals surface area contributed by atoms with E-state index >= 15 is 0 Å². The molecular weight excluding hydrogens is 282 g/mol. The summed E-state index contributed by atoms with van der Waals surface area (Å²) >= 11 is 0. The molecule has 1 heterocycles. The van der Waals surface area contributed by atoms with E-state index < -0.39 is 21.5 Å². The van der Waals surface area contributed by atoms with Crippen LogP contribution in [0.1, 0.15) is 31.4 Å². The van der Waals surface area contributed by atoms with Crippen molar-refractivity contribution in [3.05, 3.63) is 24.0 Å². The van der Waals surface area contributed by atoms with Crippen LogP contribution < -0.4 is 4.72 Å². The molecule has 1 aliphatic rings. The van der Waals surface area contributed by atoms with E-state index in [0.29, 0.717) is 12.8 Å². The van der Waals surface area contributed by atoms with Crippen LogP contribution in [0.5, 0.6) is 0 Å². The van der Waals surface area contributed by atoms with Crippen LogP contribution in [-0.4, -0.2) is 30.0 Å². The number of nitrogens with one attached hydrogen (secondary N) is 1. The third-order valence-corrected chi connectivity index (χ3v) is 4.93. The zero-order chi connectivity index (χ0) is 14.8. The number of hydrogen-bond acceptors (Lipinski definition) is 5. The van der Waals surface area contributed by atoms with Crippen LogP contribution in [0.25, 0.3) is 0 Å². The van der Waals surface area contributed by atoms with Gasteiger partial charge in [0.05, 0.1) is 6.42 Å². The van der Waals surface area contributed by atoms with Crippen LogP contribution in [0.4, 0.5) is 0 Å². The molecule has 0 spiro atoms. The second-order valence-electron chi connectivity index (χ2n) is 4.77. The summed E-state index contributed by atoms with van der Waals surface area (Å²) < 4.78 is 27.0. The Labute approximate surface area is 116 Å². The maximum Gasteiger partial charge on any atom is 0.305 e. The summed E-state index contributed by atoms with van der Waals surface area (Å²) in [5, 5.41) is 17.8. The summed E-state index contributed by atoms with van der Waals surface area (Å²) in [4.78, 5) is 14.3. The first-order valence-corrected chi connectivity index (χ1v) is 7.48. The van der Waals surface area contributed by atoms with Crippen molar-refractivity contribution in [1.29, 1.82) is 5.26 Å². The zero-order valence-electron chi connectivity index (χ0n) is 10.5. The van der Waals surface area contributed by atoms with Gasteiger partial charge in [-0.15, -0.1) is 0 Å². The second-order valence-corrected chi connectivity index (χ2v) is 6.42. The Hall–Kier alpha value is -1.98. The molecule has 1 aromatic heterocycles. The van der Waals surface area contributed by atoms with Crippen molar-refractivity contribution in [2.45, 2.75) is 36.1 Å². The molecule has 0 aromatic carbocycles. The fourth-order valence-electron chi connectivity index (χ4n) is 2.24. The Balaban J connectivity index is 2.32. The van der Waals surface area contributed by atoms with Gasteiger partial charge in [-0.25, -0.2) is 18.1 Å². The van der Waals surface area contributed by atoms with Gasteiger partial charge in [-0.1, -0.05) is 0 Å². The maximum absolute atomic E-state index is 12.3. The van der Waals surface area contributed by atoms with Gasteiger partial charge in [0.15, 0.2) is 5.69 Å². The number of aliphatic carboxylic acids is 1. The highest BCUT2D eigenvalue weighted by Gasteiger charge is 2.43. The first kappa shape index (κ1) is 14.4. The number of pyridine rings is 1. The van der Waals surface area contributed by atoms with Crippen molar-refractivity contribution in [3.63, 3.8) is 0 Å². The van der Waals surface area contributed by atoms with E-state index in [-0.39, 0.29) is 17.0 Å². The third-order valence-electron chi connectivity index (χ3n) is 3.32. The smallest absolute Gasteiger partial charge is 0.305 e. The van der Waals surface area contributed by atoms with Gasteiger partial charge in [-0.3, -0.25) is 4.79 Å². The number of aromatic nitrogens is 1. The number of sulfonamides is 1. The van der Waals surface area contributed by atoms with E-state index in [4.69, 9.17) is 10.4 Å². The van der Waals surface area contributed by atoms with Crippen molar-refractivity contribution >= 4 is 16.0 Å². The molecule has 1 aromatic rings. The summed E-state index contributed by atoms with van der Waals surface area (Å²) in [5.41, 5.74) is -1.16. The number of carboxylic acids is 1. The van der Waals surface area contributed by atoms with E-state index in [1.54, 1.807) is 6.07 Å². The molecule has 20 heavy (non-hydrogen) atoms. The Morgan fingerprint density at radius 1 is 1.55 bits per heavy atom. The van der Waals surface area contributed by atoms with Crippen molar-refractivity contribution in [3.8, 4) is 6.07 Å². The van der Waals surface area contributed by atoms with Gasteiger partial charge >= 0.3 is 5.97 Å². The number of nitrogens with zero attached hydrogens (tertiary/aromatic N) is 2. The van der Waals surface area contributed by atoms with Crippen LogP contribution in [0.15, 0.2) is 23.2 Å². The van der Waals surface area contributed by atoms with Gasteiger partial charge in [-0.2, -0.15) is 5.26 Å². The Morgan fingerprint density at radius 2 is 2.25 bits per heavy atom. The van der Waals surface area contributed by atoms with Crippen molar-refractivity contribution in [2.24, 2.45) is 0 Å². The molecule has 1 saturated carbocycles. The van der Waals surface area contributed by atoms with Crippen LogP contribution >= 0.6 is 0 Å². The Kier molecular flexibility index (Phi) is 3.74. The monoisotopic (exact) mass is 295 g/mol. The molecule has 106 valence electrons. The number of carbonyl (C=O) groups is 1. The number of hydrogen-bond donors (Lipinski definition) is 2. The third kappa shape index (κ3) is 2.79. The molecule has 0 bridgehead atoms. The quantitative estimate of drug-likeness (QED) is 0.822. The number of carboxylic acid groups (broad SMARTS) is 1. The van der Waals surface area contributed by atoms with Crippen LogP contribution in [-0.2, 0) is 14.8 Å². The minimum absolute atomic E-state index is 0.204. The summed E-state index contributed by atoms with van der Waals surface area (Å²) in [7, 11) is -3.97. The highest BCUT2D eigenvalue weighted by Crippen LogP contribution is 2.36. The predicted molar refractivity (Wildman–Crippen MR) is 68.1 cm³/mol. The van der Waals surface area contributed by atoms with E-state index in [1.807, 2.05) is 0 Å². The molecule has 1 fully saturated rings. The molecule has 2 rings (SSSR count). The normalized spacial score (nSPS) is 16.9. The largest absolute Gasteiger partial charge is 0.481 e. The van der Waals surface area contributed by atoms with Gasteiger partial charge in [0.1, 0.15) is 11.0 Å². The fraction of sp³-hybridized carbons (Fsp3) is 0.417. The summed E-state index contributed by atoms with van der Waals surface area (Å²) in [6, 6.07) is 4.41. The molecule has 0 saturated heterocycles. The molecule has 0 amide bonds. The molecule has 0 unspecified atom stereocenters. The highest BCUT2D eigenvalue weighted by atomic mass is 32.2. The molecule has 2 N–H and O–H groups in total. The van der Waals surface area contributed by atoms with Gasteiger partial charge in [0.25, 0.3) is 0 Å². The molecule has 0 atom stereocenters. The SMILES string of the molecule is N#Cc1ncccc1S(=O)(=O)NC1(CC(=O)O)CCC1. The van der Waals surface area contributed by atoms with Crippen LogP contribution in [0.2, 0.25) is 0 Å². The van der Waals surface area contributed by atoms with Crippen molar-refractivity contribution < 1.29 is 18.3 Å². The van der Waals surface area contributed by atoms with Gasteiger partial charge in [0.2, 0.25) is 10.0 Å². The molecular formula is C12H13N3O4S. The predicted octanol–water partition coefficient (Wildman–Crippen LogP) is 0.629. The lowest BCUT2D eigenvalue weighted by molar-refractivity contribution is -0.139. The first-order valence-electron chi connectivity index (χ1n) is 5.99. The maximum atomic E-state index is 12.3. The van der Waals surface area contributed by atoms with Gasteiger partial charge in [0, 0.05) is 11.7 Å². The fourth-order valence-corrected chi connectivity index (χ4v) is 3.81. The molecule has 0 radical (unpaired) electrons. The first-order chi connectivity index (χ1) is 9.38. The number of nitriles is 1. The minimum atomic E-state index is -3.97. The molecule has 1 aliphatic carbocycles. The van der Waals surface area contributed by atoms with E-state index in [1.165, 1.54) is 18.3 Å². The minimum Gasteiger partial charge on any atom is -0.481 e. The number of rotatable bonds is 5. The lowest BCUT2D eigenvalue weighted by atomic mass is 9.75. The van der Waals surface area contributed by atoms with E-state index in [9.17, 15) is 13.2 Å². The molecule has 7 nitrogen and oxygen atoms in total. The van der Waals surface area contributed by atoms with Crippen LogP contribution in [0, 0.1) is 11.3 Å². The lowest BCUT2D eigenvalue weighted by Gasteiger charge is -2.40. The average Bonchev–Trinajstić information content (AvgIpc) is 2.35. The summed E-state index contributed by atoms with van der Waals surface area (Å²) in [6.45, 7) is 0. The van der Waals surface area contributed by atoms with Crippen LogP contribution in [0.3, 0.4) is 0 Å². The highest BCUT2D eigenvalue weighted by molar-refractivity contribution is 7.89. The van der Waals surface area contributed by atoms with Gasteiger partial charge < -0.3 is 5.11 Å². The van der Waals surface area contributed by atoms with E-state index in [2.05, 4.69) is 9.71 Å². The zero-order valence-corrected chi connectivity index (χ0v) is 11.4. The van der Waals surface area contributed by atoms with Crippen molar-refractivity contribution in [2.75, 3.05) is 0 Å². The topological polar surface area (TPSA) is 120 Å². The average molecular weight is 295 g/mol. The molecule has 0 aliphatic heterocycles. The molecule has 8 heteroatoms. The van der Waals surface area contributed by atoms with Gasteiger partial charge in [-0.05, 0) is 31.4 Å². The standard InChI is InChI=1S/C12H13N3O4S/c13-8-9-10(3-1-6-14-9)20(18,19)15-12(4-2-5-12)7-11(16)17/h1,3,6,15H,2,4-5,7H2,(H,16,17).